The Kier molecular flexibility index (Phi) is 3.63. The van der Waals surface area contributed by atoms with Crippen LogP contribution in [0.25, 0.3) is 10.9 Å². The fraction of sp³-hybridized carbons (Fsp3) is 0.368. The second kappa shape index (κ2) is 5.82. The van der Waals surface area contributed by atoms with E-state index < -0.39 is 0 Å². The molecule has 0 bridgehead atoms. The van der Waals surface area contributed by atoms with E-state index in [0.29, 0.717) is 12.5 Å². The molecule has 4 rings (SSSR count). The van der Waals surface area contributed by atoms with E-state index in [-0.39, 0.29) is 5.91 Å². The molecule has 2 aromatic heterocycles. The first-order valence-corrected chi connectivity index (χ1v) is 8.51. The molecule has 0 unspecified atom stereocenters. The molecule has 1 amide bonds. The van der Waals surface area contributed by atoms with Crippen LogP contribution in [0.15, 0.2) is 36.7 Å². The van der Waals surface area contributed by atoms with Gasteiger partial charge in [0.1, 0.15) is 0 Å². The lowest BCUT2D eigenvalue weighted by Gasteiger charge is -2.26. The number of carbonyl (C=O) groups is 1. The molecule has 5 nitrogen and oxygen atoms in total. The Hall–Kier alpha value is -2.56. The highest BCUT2D eigenvalue weighted by molar-refractivity contribution is 6.07. The van der Waals surface area contributed by atoms with Gasteiger partial charge in [-0.2, -0.15) is 5.10 Å². The SMILES string of the molecule is CC(C)Cn1cc(C(=O)N2CCc3[nH]ncc3C2)c2ccccc21. The lowest BCUT2D eigenvalue weighted by atomic mass is 10.1. The quantitative estimate of drug-likeness (QED) is 0.805. The molecule has 124 valence electrons. The summed E-state index contributed by atoms with van der Waals surface area (Å²) in [6.45, 7) is 6.68. The van der Waals surface area contributed by atoms with Crippen LogP contribution in [0.1, 0.15) is 35.5 Å². The number of nitrogens with zero attached hydrogens (tertiary/aromatic N) is 3. The van der Waals surface area contributed by atoms with Crippen LogP contribution in [0.5, 0.6) is 0 Å². The van der Waals surface area contributed by atoms with Gasteiger partial charge in [0.05, 0.1) is 11.8 Å². The van der Waals surface area contributed by atoms with Gasteiger partial charge in [0.2, 0.25) is 0 Å². The standard InChI is InChI=1S/C19H22N4O/c1-13(2)10-23-12-16(15-5-3-4-6-18(15)23)19(24)22-8-7-17-14(11-22)9-20-21-17/h3-6,9,12-13H,7-8,10-11H2,1-2H3,(H,20,21). The van der Waals surface area contributed by atoms with E-state index in [4.69, 9.17) is 0 Å². The van der Waals surface area contributed by atoms with Gasteiger partial charge in [-0.3, -0.25) is 9.89 Å². The van der Waals surface area contributed by atoms with Crippen LogP contribution >= 0.6 is 0 Å². The van der Waals surface area contributed by atoms with Crippen LogP contribution in [0.2, 0.25) is 0 Å². The highest BCUT2D eigenvalue weighted by Gasteiger charge is 2.25. The molecule has 5 heteroatoms. The second-order valence-corrected chi connectivity index (χ2v) is 6.96. The first kappa shape index (κ1) is 15.0. The minimum Gasteiger partial charge on any atom is -0.346 e. The Bertz CT molecular complexity index is 890. The van der Waals surface area contributed by atoms with E-state index in [2.05, 4.69) is 34.7 Å². The third-order valence-electron chi connectivity index (χ3n) is 4.67. The molecule has 1 N–H and O–H groups in total. The number of aromatic nitrogens is 3. The van der Waals surface area contributed by atoms with E-state index in [0.717, 1.165) is 47.2 Å². The van der Waals surface area contributed by atoms with Crippen molar-refractivity contribution in [2.45, 2.75) is 33.4 Å². The number of carbonyl (C=O) groups excluding carboxylic acids is 1. The Morgan fingerprint density at radius 3 is 3.00 bits per heavy atom. The van der Waals surface area contributed by atoms with Crippen LogP contribution in [0.4, 0.5) is 0 Å². The number of aromatic amines is 1. The van der Waals surface area contributed by atoms with E-state index in [1.54, 1.807) is 0 Å². The Balaban J connectivity index is 1.70. The zero-order valence-corrected chi connectivity index (χ0v) is 14.1. The molecule has 24 heavy (non-hydrogen) atoms. The lowest BCUT2D eigenvalue weighted by molar-refractivity contribution is 0.0736. The van der Waals surface area contributed by atoms with E-state index >= 15 is 0 Å². The maximum absolute atomic E-state index is 13.1. The average Bonchev–Trinajstić information content (AvgIpc) is 3.18. The Morgan fingerprint density at radius 2 is 2.17 bits per heavy atom. The molecule has 0 fully saturated rings. The summed E-state index contributed by atoms with van der Waals surface area (Å²) in [5.74, 6) is 0.646. The zero-order valence-electron chi connectivity index (χ0n) is 14.1. The molecule has 1 aliphatic heterocycles. The van der Waals surface area contributed by atoms with Crippen molar-refractivity contribution in [1.29, 1.82) is 0 Å². The van der Waals surface area contributed by atoms with Gasteiger partial charge < -0.3 is 9.47 Å². The molecule has 1 aromatic carbocycles. The molecule has 0 atom stereocenters. The van der Waals surface area contributed by atoms with Crippen molar-refractivity contribution >= 4 is 16.8 Å². The summed E-state index contributed by atoms with van der Waals surface area (Å²) in [5, 5.41) is 8.15. The third kappa shape index (κ3) is 2.50. The maximum Gasteiger partial charge on any atom is 0.256 e. The van der Waals surface area contributed by atoms with Gasteiger partial charge in [-0.25, -0.2) is 0 Å². The van der Waals surface area contributed by atoms with Gasteiger partial charge in [-0.1, -0.05) is 32.0 Å². The predicted molar refractivity (Wildman–Crippen MR) is 93.8 cm³/mol. The summed E-state index contributed by atoms with van der Waals surface area (Å²) in [4.78, 5) is 15.1. The number of hydrogen-bond acceptors (Lipinski definition) is 2. The van der Waals surface area contributed by atoms with Crippen LogP contribution in [0, 0.1) is 5.92 Å². The molecular formula is C19H22N4O. The summed E-state index contributed by atoms with van der Waals surface area (Å²) in [6, 6.07) is 8.18. The molecular weight excluding hydrogens is 300 g/mol. The number of nitrogens with one attached hydrogen (secondary N) is 1. The minimum atomic E-state index is 0.112. The van der Waals surface area contributed by atoms with Crippen LogP contribution in [-0.2, 0) is 19.5 Å². The normalized spacial score (nSPS) is 14.4. The van der Waals surface area contributed by atoms with Crippen molar-refractivity contribution in [3.63, 3.8) is 0 Å². The van der Waals surface area contributed by atoms with Gasteiger partial charge >= 0.3 is 0 Å². The molecule has 0 aliphatic carbocycles. The maximum atomic E-state index is 13.1. The number of rotatable bonds is 3. The van der Waals surface area contributed by atoms with Gasteiger partial charge in [0.15, 0.2) is 0 Å². The van der Waals surface area contributed by atoms with Crippen molar-refractivity contribution in [3.8, 4) is 0 Å². The van der Waals surface area contributed by atoms with E-state index in [9.17, 15) is 4.79 Å². The topological polar surface area (TPSA) is 53.9 Å². The summed E-state index contributed by atoms with van der Waals surface area (Å²) in [6.07, 6.45) is 4.69. The fourth-order valence-corrected chi connectivity index (χ4v) is 3.53. The molecule has 3 heterocycles. The summed E-state index contributed by atoms with van der Waals surface area (Å²) >= 11 is 0. The van der Waals surface area contributed by atoms with Crippen LogP contribution in [0.3, 0.4) is 0 Å². The van der Waals surface area contributed by atoms with Crippen molar-refractivity contribution in [2.75, 3.05) is 6.54 Å². The third-order valence-corrected chi connectivity index (χ3v) is 4.67. The first-order valence-electron chi connectivity index (χ1n) is 8.51. The van der Waals surface area contributed by atoms with Gasteiger partial charge in [-0.15, -0.1) is 0 Å². The van der Waals surface area contributed by atoms with Crippen molar-refractivity contribution in [1.82, 2.24) is 19.7 Å². The van der Waals surface area contributed by atoms with E-state index in [1.165, 1.54) is 0 Å². The van der Waals surface area contributed by atoms with Crippen LogP contribution in [-0.4, -0.2) is 32.1 Å². The number of para-hydroxylation sites is 1. The van der Waals surface area contributed by atoms with Gasteiger partial charge in [0.25, 0.3) is 5.91 Å². The summed E-state index contributed by atoms with van der Waals surface area (Å²) in [7, 11) is 0. The Morgan fingerprint density at radius 1 is 1.33 bits per heavy atom. The monoisotopic (exact) mass is 322 g/mol. The van der Waals surface area contributed by atoms with E-state index in [1.807, 2.05) is 35.5 Å². The second-order valence-electron chi connectivity index (χ2n) is 6.96. The first-order chi connectivity index (χ1) is 11.6. The molecule has 0 radical (unpaired) electrons. The summed E-state index contributed by atoms with van der Waals surface area (Å²) in [5.41, 5.74) is 4.22. The molecule has 3 aromatic rings. The highest BCUT2D eigenvalue weighted by Crippen LogP contribution is 2.26. The molecule has 0 spiro atoms. The number of fused-ring (bicyclic) bond motifs is 2. The fourth-order valence-electron chi connectivity index (χ4n) is 3.53. The Labute approximate surface area is 141 Å². The van der Waals surface area contributed by atoms with Crippen LogP contribution < -0.4 is 0 Å². The highest BCUT2D eigenvalue weighted by atomic mass is 16.2. The number of amides is 1. The number of hydrogen-bond donors (Lipinski definition) is 1. The number of benzene rings is 1. The van der Waals surface area contributed by atoms with Crippen molar-refractivity contribution in [3.05, 3.63) is 53.5 Å². The van der Waals surface area contributed by atoms with Crippen molar-refractivity contribution < 1.29 is 4.79 Å². The van der Waals surface area contributed by atoms with Crippen molar-refractivity contribution in [2.24, 2.45) is 5.92 Å². The van der Waals surface area contributed by atoms with Gasteiger partial charge in [-0.05, 0) is 12.0 Å². The van der Waals surface area contributed by atoms with Gasteiger partial charge in [0, 0.05) is 54.4 Å². The smallest absolute Gasteiger partial charge is 0.256 e. The lowest BCUT2D eigenvalue weighted by Crippen LogP contribution is -2.35. The number of H-pyrrole nitrogens is 1. The zero-order chi connectivity index (χ0) is 16.7. The average molecular weight is 322 g/mol. The largest absolute Gasteiger partial charge is 0.346 e. The molecule has 0 saturated carbocycles. The molecule has 0 saturated heterocycles. The molecule has 1 aliphatic rings. The predicted octanol–water partition coefficient (Wildman–Crippen LogP) is 3.22. The summed E-state index contributed by atoms with van der Waals surface area (Å²) < 4.78 is 2.21. The minimum absolute atomic E-state index is 0.112.